The zero-order valence-corrected chi connectivity index (χ0v) is 33.2. The molecule has 0 aliphatic heterocycles. The quantitative estimate of drug-likeness (QED) is 0.141. The minimum absolute atomic E-state index is 0.272. The van der Waals surface area contributed by atoms with Crippen molar-refractivity contribution in [3.05, 3.63) is 145 Å². The minimum Gasteiger partial charge on any atom is -0.406 e. The maximum atomic E-state index is 12.3. The number of hydrogen-bond donors (Lipinski definition) is 1. The molecule has 16 heteroatoms. The van der Waals surface area contributed by atoms with Crippen LogP contribution in [0.4, 0.5) is 26.3 Å². The van der Waals surface area contributed by atoms with E-state index in [0.29, 0.717) is 33.6 Å². The number of ether oxygens (including phenoxy) is 3. The number of rotatable bonds is 9. The maximum Gasteiger partial charge on any atom is 0.573 e. The molecule has 0 aliphatic carbocycles. The highest BCUT2D eigenvalue weighted by Gasteiger charge is 2.48. The van der Waals surface area contributed by atoms with Crippen LogP contribution in [0.3, 0.4) is 0 Å². The Morgan fingerprint density at radius 2 is 0.831 bits per heavy atom. The van der Waals surface area contributed by atoms with E-state index >= 15 is 0 Å². The van der Waals surface area contributed by atoms with Gasteiger partial charge >= 0.3 is 12.7 Å². The molecule has 0 radical (unpaired) electrons. The molecule has 0 amide bonds. The number of halogens is 6. The predicted octanol–water partition coefficient (Wildman–Crippen LogP) is 10.1. The molecular formula is C43H42F6N6O4. The van der Waals surface area contributed by atoms with Crippen LogP contribution >= 0.6 is 0 Å². The van der Waals surface area contributed by atoms with E-state index in [4.69, 9.17) is 4.74 Å². The summed E-state index contributed by atoms with van der Waals surface area (Å²) < 4.78 is 87.7. The molecule has 310 valence electrons. The van der Waals surface area contributed by atoms with Gasteiger partial charge < -0.3 is 19.3 Å². The third-order valence-electron chi connectivity index (χ3n) is 9.49. The third-order valence-corrected chi connectivity index (χ3v) is 9.49. The maximum absolute atomic E-state index is 12.3. The molecule has 6 rings (SSSR count). The third kappa shape index (κ3) is 10.2. The topological polar surface area (TPSA) is 125 Å². The fourth-order valence-electron chi connectivity index (χ4n) is 6.68. The molecule has 6 aromatic rings. The lowest BCUT2D eigenvalue weighted by molar-refractivity contribution is -0.275. The molecule has 2 atom stereocenters. The van der Waals surface area contributed by atoms with Gasteiger partial charge in [0.05, 0.1) is 11.4 Å². The number of alkyl halides is 6. The summed E-state index contributed by atoms with van der Waals surface area (Å²) in [5.74, 6) is -0.567. The zero-order valence-electron chi connectivity index (χ0n) is 33.2. The van der Waals surface area contributed by atoms with E-state index in [1.807, 2.05) is 53.7 Å². The van der Waals surface area contributed by atoms with Crippen LogP contribution in [0.25, 0.3) is 22.3 Å². The van der Waals surface area contributed by atoms with E-state index in [0.717, 1.165) is 11.1 Å². The molecule has 4 aromatic heterocycles. The van der Waals surface area contributed by atoms with Gasteiger partial charge in [-0.05, 0) is 47.5 Å². The summed E-state index contributed by atoms with van der Waals surface area (Å²) in [5.41, 5.74) is 1.89. The summed E-state index contributed by atoms with van der Waals surface area (Å²) in [6.07, 6.45) is 3.12. The van der Waals surface area contributed by atoms with Gasteiger partial charge in [0.1, 0.15) is 35.4 Å². The van der Waals surface area contributed by atoms with Crippen LogP contribution in [0.1, 0.15) is 64.1 Å². The van der Waals surface area contributed by atoms with Gasteiger partial charge in [-0.2, -0.15) is 0 Å². The summed E-state index contributed by atoms with van der Waals surface area (Å²) in [6, 6.07) is 18.3. The predicted molar refractivity (Wildman–Crippen MR) is 206 cm³/mol. The Hall–Kier alpha value is -6.00. The van der Waals surface area contributed by atoms with Gasteiger partial charge in [0.25, 0.3) is 0 Å². The first-order chi connectivity index (χ1) is 27.6. The molecule has 0 saturated carbocycles. The number of pyridine rings is 2. The van der Waals surface area contributed by atoms with Crippen LogP contribution in [-0.4, -0.2) is 54.8 Å². The van der Waals surface area contributed by atoms with Crippen molar-refractivity contribution >= 4 is 0 Å². The van der Waals surface area contributed by atoms with Crippen LogP contribution in [0, 0.1) is 10.8 Å². The SMILES string of the molecule is CC(C)(C)C(O)(c1cncnc1)c1ccc(-c2ccc(OC(F)(F)F)cc2)cn1.COC(c1cncnc1)(c1ccc(-c2ccc(OC(F)(F)F)cc2)cn1)C(C)(C)C. The van der Waals surface area contributed by atoms with Crippen LogP contribution in [0.2, 0.25) is 0 Å². The van der Waals surface area contributed by atoms with E-state index in [1.165, 1.54) is 49.1 Å². The average Bonchev–Trinajstić information content (AvgIpc) is 3.18. The lowest BCUT2D eigenvalue weighted by Gasteiger charge is -2.43. The summed E-state index contributed by atoms with van der Waals surface area (Å²) in [7, 11) is 1.62. The Morgan fingerprint density at radius 3 is 1.15 bits per heavy atom. The van der Waals surface area contributed by atoms with Crippen molar-refractivity contribution in [3.8, 4) is 33.8 Å². The molecule has 0 aliphatic rings. The smallest absolute Gasteiger partial charge is 0.406 e. The fourth-order valence-corrected chi connectivity index (χ4v) is 6.68. The normalized spacial score (nSPS) is 14.3. The number of aliphatic hydroxyl groups is 1. The molecule has 0 fully saturated rings. The first kappa shape index (κ1) is 44.1. The highest BCUT2D eigenvalue weighted by Crippen LogP contribution is 2.47. The van der Waals surface area contributed by atoms with Crippen LogP contribution in [0.15, 0.2) is 123 Å². The molecule has 0 spiro atoms. The molecule has 0 bridgehead atoms. The number of aromatic nitrogens is 6. The molecule has 2 aromatic carbocycles. The minimum atomic E-state index is -4.73. The largest absolute Gasteiger partial charge is 0.573 e. The first-order valence-corrected chi connectivity index (χ1v) is 18.0. The molecule has 10 nitrogen and oxygen atoms in total. The van der Waals surface area contributed by atoms with Crippen molar-refractivity contribution in [1.29, 1.82) is 0 Å². The highest BCUT2D eigenvalue weighted by atomic mass is 19.4. The Bertz CT molecular complexity index is 2250. The molecular weight excluding hydrogens is 778 g/mol. The zero-order chi connectivity index (χ0) is 43.3. The van der Waals surface area contributed by atoms with Crippen molar-refractivity contribution in [2.45, 2.75) is 65.5 Å². The van der Waals surface area contributed by atoms with Gasteiger partial charge in [0.2, 0.25) is 0 Å². The van der Waals surface area contributed by atoms with Gasteiger partial charge in [-0.1, -0.05) is 77.9 Å². The van der Waals surface area contributed by atoms with E-state index < -0.39 is 29.3 Å². The summed E-state index contributed by atoms with van der Waals surface area (Å²) in [5, 5.41) is 11.5. The first-order valence-electron chi connectivity index (χ1n) is 18.0. The van der Waals surface area contributed by atoms with E-state index in [1.54, 1.807) is 68.6 Å². The lowest BCUT2D eigenvalue weighted by Crippen LogP contribution is -2.44. The monoisotopic (exact) mass is 820 g/mol. The van der Waals surface area contributed by atoms with Gasteiger partial charge in [0, 0.05) is 77.4 Å². The average molecular weight is 821 g/mol. The van der Waals surface area contributed by atoms with Crippen LogP contribution in [-0.2, 0) is 15.9 Å². The van der Waals surface area contributed by atoms with Crippen LogP contribution in [0.5, 0.6) is 11.5 Å². The summed E-state index contributed by atoms with van der Waals surface area (Å²) in [4.78, 5) is 25.3. The molecule has 1 N–H and O–H groups in total. The second kappa shape index (κ2) is 17.1. The second-order valence-corrected chi connectivity index (χ2v) is 15.4. The van der Waals surface area contributed by atoms with Gasteiger partial charge in [0.15, 0.2) is 0 Å². The Morgan fingerprint density at radius 1 is 0.458 bits per heavy atom. The number of nitrogens with zero attached hydrogens (tertiary/aromatic N) is 6. The molecule has 2 unspecified atom stereocenters. The standard InChI is InChI=1S/C22H22F3N3O2.C21H20F3N3O2/c1-20(2,3)21(29-4,17-12-26-14-27-13-17)19-10-7-16(11-28-19)15-5-8-18(9-6-15)30-22(23,24)25;1-19(2,3)20(28,16-11-25-13-26-12-16)18-9-6-15(10-27-18)14-4-7-17(8-5-14)29-21(22,23)24/h5-14H,1-4H3;4-13,28H,1-3H3. The van der Waals surface area contributed by atoms with Crippen LogP contribution < -0.4 is 9.47 Å². The van der Waals surface area contributed by atoms with E-state index in [2.05, 4.69) is 39.4 Å². The molecule has 0 saturated heterocycles. The van der Waals surface area contributed by atoms with E-state index in [-0.39, 0.29) is 16.9 Å². The second-order valence-electron chi connectivity index (χ2n) is 15.4. The Kier molecular flexibility index (Phi) is 12.8. The van der Waals surface area contributed by atoms with Gasteiger partial charge in [-0.15, -0.1) is 26.3 Å². The Labute approximate surface area is 337 Å². The summed E-state index contributed by atoms with van der Waals surface area (Å²) >= 11 is 0. The molecule has 4 heterocycles. The number of benzene rings is 2. The lowest BCUT2D eigenvalue weighted by atomic mass is 9.70. The van der Waals surface area contributed by atoms with Crippen molar-refractivity contribution in [2.75, 3.05) is 7.11 Å². The number of methoxy groups -OCH3 is 1. The van der Waals surface area contributed by atoms with Crippen molar-refractivity contribution < 1.29 is 45.7 Å². The number of hydrogen-bond acceptors (Lipinski definition) is 10. The Balaban J connectivity index is 0.000000224. The van der Waals surface area contributed by atoms with E-state index in [9.17, 15) is 31.4 Å². The van der Waals surface area contributed by atoms with Gasteiger partial charge in [-0.3, -0.25) is 9.97 Å². The fraction of sp³-hybridized carbons (Fsp3) is 0.302. The van der Waals surface area contributed by atoms with Crippen molar-refractivity contribution in [3.63, 3.8) is 0 Å². The highest BCUT2D eigenvalue weighted by molar-refractivity contribution is 5.64. The van der Waals surface area contributed by atoms with Crippen molar-refractivity contribution in [1.82, 2.24) is 29.9 Å². The van der Waals surface area contributed by atoms with Crippen molar-refractivity contribution in [2.24, 2.45) is 10.8 Å². The molecule has 59 heavy (non-hydrogen) atoms. The summed E-state index contributed by atoms with van der Waals surface area (Å²) in [6.45, 7) is 11.8. The van der Waals surface area contributed by atoms with Gasteiger partial charge in [-0.25, -0.2) is 19.9 Å².